The molecule has 7 nitrogen and oxygen atoms in total. The Balaban J connectivity index is 2.09. The third-order valence-electron chi connectivity index (χ3n) is 4.60. The van der Waals surface area contributed by atoms with E-state index in [1.165, 1.54) is 0 Å². The van der Waals surface area contributed by atoms with Crippen molar-refractivity contribution in [3.8, 4) is 34.9 Å². The molecule has 28 heavy (non-hydrogen) atoms. The molecule has 0 N–H and O–H groups in total. The number of nitrogens with zero attached hydrogens (tertiary/aromatic N) is 5. The number of hydrogen-bond donors (Lipinski definition) is 0. The Morgan fingerprint density at radius 3 is 2.39 bits per heavy atom. The van der Waals surface area contributed by atoms with Crippen LogP contribution in [-0.2, 0) is 6.54 Å². The van der Waals surface area contributed by atoms with Crippen LogP contribution in [0.25, 0.3) is 33.1 Å². The molecule has 0 amide bonds. The molecule has 0 bridgehead atoms. The number of fused-ring (bicyclic) bond motifs is 3. The van der Waals surface area contributed by atoms with E-state index in [9.17, 15) is 5.26 Å². The van der Waals surface area contributed by atoms with Crippen molar-refractivity contribution in [3.63, 3.8) is 0 Å². The zero-order chi connectivity index (χ0) is 19.7. The van der Waals surface area contributed by atoms with Crippen LogP contribution in [0.4, 0.5) is 0 Å². The van der Waals surface area contributed by atoms with Crippen LogP contribution in [0.15, 0.2) is 42.6 Å². The fourth-order valence-electron chi connectivity index (χ4n) is 3.27. The normalized spacial score (nSPS) is 10.6. The minimum atomic E-state index is 0.104. The van der Waals surface area contributed by atoms with Gasteiger partial charge in [0.2, 0.25) is 0 Å². The highest BCUT2D eigenvalue weighted by molar-refractivity contribution is 6.11. The van der Waals surface area contributed by atoms with Crippen molar-refractivity contribution in [3.05, 3.63) is 48.2 Å². The zero-order valence-electron chi connectivity index (χ0n) is 15.3. The van der Waals surface area contributed by atoms with Gasteiger partial charge < -0.3 is 9.47 Å². The van der Waals surface area contributed by atoms with E-state index in [2.05, 4.69) is 22.2 Å². The smallest absolute Gasteiger partial charge is 0.162 e. The van der Waals surface area contributed by atoms with Gasteiger partial charge in [-0.15, -0.1) is 0 Å². The molecule has 2 aromatic carbocycles. The summed E-state index contributed by atoms with van der Waals surface area (Å²) in [5.74, 6) is 1.18. The maximum Gasteiger partial charge on any atom is 0.162 e. The van der Waals surface area contributed by atoms with Crippen molar-refractivity contribution < 1.29 is 9.47 Å². The van der Waals surface area contributed by atoms with Crippen LogP contribution in [0, 0.1) is 22.7 Å². The topological polar surface area (TPSA) is 96.8 Å². The van der Waals surface area contributed by atoms with Crippen LogP contribution in [0.3, 0.4) is 0 Å². The number of methoxy groups -OCH3 is 2. The molecule has 0 unspecified atom stereocenters. The second-order valence-electron chi connectivity index (χ2n) is 6.10. The van der Waals surface area contributed by atoms with E-state index >= 15 is 0 Å². The molecule has 2 aromatic heterocycles. The largest absolute Gasteiger partial charge is 0.493 e. The molecule has 0 aliphatic heterocycles. The molecule has 0 fully saturated rings. The predicted octanol–water partition coefficient (Wildman–Crippen LogP) is 3.66. The highest BCUT2D eigenvalue weighted by Crippen LogP contribution is 2.38. The Kier molecular flexibility index (Phi) is 4.27. The van der Waals surface area contributed by atoms with Gasteiger partial charge in [0.05, 0.1) is 49.2 Å². The molecular formula is C21H15N5O2. The fourth-order valence-corrected chi connectivity index (χ4v) is 3.27. The average Bonchev–Trinajstić information content (AvgIpc) is 3.11. The summed E-state index contributed by atoms with van der Waals surface area (Å²) in [5.41, 5.74) is 3.62. The minimum Gasteiger partial charge on any atom is -0.493 e. The van der Waals surface area contributed by atoms with Crippen LogP contribution in [-0.4, -0.2) is 29.0 Å². The molecule has 0 aliphatic carbocycles. The highest BCUT2D eigenvalue weighted by atomic mass is 16.5. The lowest BCUT2D eigenvalue weighted by Crippen LogP contribution is -1.98. The maximum atomic E-state index is 9.19. The Morgan fingerprint density at radius 1 is 1.04 bits per heavy atom. The molecule has 0 saturated heterocycles. The van der Waals surface area contributed by atoms with Crippen molar-refractivity contribution in [1.82, 2.24) is 14.8 Å². The lowest BCUT2D eigenvalue weighted by molar-refractivity contribution is 0.356. The van der Waals surface area contributed by atoms with Crippen LogP contribution >= 0.6 is 0 Å². The molecule has 0 spiro atoms. The molecule has 2 heterocycles. The van der Waals surface area contributed by atoms with E-state index in [-0.39, 0.29) is 6.54 Å². The monoisotopic (exact) mass is 369 g/mol. The van der Waals surface area contributed by atoms with Gasteiger partial charge in [-0.25, -0.2) is 4.68 Å². The van der Waals surface area contributed by atoms with Gasteiger partial charge in [-0.3, -0.25) is 4.98 Å². The first kappa shape index (κ1) is 17.3. The molecule has 0 radical (unpaired) electrons. The van der Waals surface area contributed by atoms with Crippen LogP contribution < -0.4 is 9.47 Å². The van der Waals surface area contributed by atoms with E-state index in [1.54, 1.807) is 37.2 Å². The van der Waals surface area contributed by atoms with Gasteiger partial charge in [0.15, 0.2) is 11.5 Å². The van der Waals surface area contributed by atoms with Gasteiger partial charge in [-0.2, -0.15) is 15.6 Å². The minimum absolute atomic E-state index is 0.104. The number of nitriles is 2. The molecule has 0 aliphatic rings. The molecule has 136 valence electrons. The number of aromatic nitrogens is 3. The zero-order valence-corrected chi connectivity index (χ0v) is 15.3. The molecule has 4 rings (SSSR count). The summed E-state index contributed by atoms with van der Waals surface area (Å²) in [4.78, 5) is 4.52. The van der Waals surface area contributed by atoms with Crippen LogP contribution in [0.1, 0.15) is 5.56 Å². The van der Waals surface area contributed by atoms with Gasteiger partial charge in [0, 0.05) is 22.4 Å². The van der Waals surface area contributed by atoms with Crippen LogP contribution in [0.5, 0.6) is 11.5 Å². The molecule has 0 atom stereocenters. The molecular weight excluding hydrogens is 354 g/mol. The number of hydrogen-bond acceptors (Lipinski definition) is 6. The summed E-state index contributed by atoms with van der Waals surface area (Å²) in [5, 5.41) is 24.6. The first-order valence-corrected chi connectivity index (χ1v) is 8.49. The summed E-state index contributed by atoms with van der Waals surface area (Å²) in [6.45, 7) is 0.104. The number of benzene rings is 2. The van der Waals surface area contributed by atoms with E-state index in [0.29, 0.717) is 22.8 Å². The van der Waals surface area contributed by atoms with Gasteiger partial charge >= 0.3 is 0 Å². The molecule has 4 aromatic rings. The van der Waals surface area contributed by atoms with Crippen LogP contribution in [0.2, 0.25) is 0 Å². The average molecular weight is 369 g/mol. The Labute approximate surface area is 161 Å². The maximum absolute atomic E-state index is 9.19. The second kappa shape index (κ2) is 6.90. The van der Waals surface area contributed by atoms with Gasteiger partial charge in [0.25, 0.3) is 0 Å². The summed E-state index contributed by atoms with van der Waals surface area (Å²) in [6, 6.07) is 15.1. The van der Waals surface area contributed by atoms with Crippen molar-refractivity contribution in [1.29, 1.82) is 10.5 Å². The predicted molar refractivity (Wildman–Crippen MR) is 104 cm³/mol. The van der Waals surface area contributed by atoms with Crippen molar-refractivity contribution >= 4 is 21.8 Å². The second-order valence-corrected chi connectivity index (χ2v) is 6.10. The standard InChI is InChI=1S/C21H15N5O2/c1-27-18-9-15-16(10-19(18)28-2)24-12-17-20(15)21(25-26(17)8-7-22)14-5-3-13(11-23)4-6-14/h3-6,9-10,12H,8H2,1-2H3. The summed E-state index contributed by atoms with van der Waals surface area (Å²) in [7, 11) is 3.16. The number of ether oxygens (including phenoxy) is 2. The van der Waals surface area contributed by atoms with Gasteiger partial charge in [0.1, 0.15) is 12.2 Å². The summed E-state index contributed by atoms with van der Waals surface area (Å²) < 4.78 is 12.5. The first-order valence-electron chi connectivity index (χ1n) is 8.49. The quantitative estimate of drug-likeness (QED) is 0.544. The summed E-state index contributed by atoms with van der Waals surface area (Å²) in [6.07, 6.45) is 1.71. The van der Waals surface area contributed by atoms with E-state index < -0.39 is 0 Å². The van der Waals surface area contributed by atoms with Crippen molar-refractivity contribution in [2.24, 2.45) is 0 Å². The van der Waals surface area contributed by atoms with Crippen molar-refractivity contribution in [2.45, 2.75) is 6.54 Å². The Bertz CT molecular complexity index is 1280. The third-order valence-corrected chi connectivity index (χ3v) is 4.60. The SMILES string of the molecule is COc1cc2ncc3c(c(-c4ccc(C#N)cc4)nn3CC#N)c2cc1OC. The third kappa shape index (κ3) is 2.67. The van der Waals surface area contributed by atoms with Crippen molar-refractivity contribution in [2.75, 3.05) is 14.2 Å². The lowest BCUT2D eigenvalue weighted by atomic mass is 10.0. The van der Waals surface area contributed by atoms with E-state index in [4.69, 9.17) is 14.7 Å². The summed E-state index contributed by atoms with van der Waals surface area (Å²) >= 11 is 0. The Morgan fingerprint density at radius 2 is 1.75 bits per heavy atom. The molecule has 0 saturated carbocycles. The van der Waals surface area contributed by atoms with Gasteiger partial charge in [-0.1, -0.05) is 12.1 Å². The molecule has 7 heteroatoms. The highest BCUT2D eigenvalue weighted by Gasteiger charge is 2.18. The van der Waals surface area contributed by atoms with E-state index in [1.807, 2.05) is 24.3 Å². The lowest BCUT2D eigenvalue weighted by Gasteiger charge is -2.10. The van der Waals surface area contributed by atoms with Gasteiger partial charge in [-0.05, 0) is 18.2 Å². The first-order chi connectivity index (χ1) is 13.7. The fraction of sp³-hybridized carbons (Fsp3) is 0.143. The number of pyridine rings is 1. The Hall–Kier alpha value is -4.10. The van der Waals surface area contributed by atoms with E-state index in [0.717, 1.165) is 27.4 Å². The number of rotatable bonds is 4.